The van der Waals surface area contributed by atoms with Crippen LogP contribution in [-0.2, 0) is 24.7 Å². The van der Waals surface area contributed by atoms with E-state index in [1.165, 1.54) is 11.1 Å². The lowest BCUT2D eigenvalue weighted by Gasteiger charge is -2.56. The summed E-state index contributed by atoms with van der Waals surface area (Å²) in [5, 5.41) is 0. The second kappa shape index (κ2) is 8.18. The number of aryl methyl sites for hydroxylation is 2. The van der Waals surface area contributed by atoms with Crippen LogP contribution in [-0.4, -0.2) is 18.0 Å². The summed E-state index contributed by atoms with van der Waals surface area (Å²) in [6, 6.07) is 6.38. The fourth-order valence-electron chi connectivity index (χ4n) is 6.54. The molecule has 4 nitrogen and oxygen atoms in total. The summed E-state index contributed by atoms with van der Waals surface area (Å²) in [5.41, 5.74) is 2.35. The van der Waals surface area contributed by atoms with Gasteiger partial charge in [0.1, 0.15) is 11.7 Å². The summed E-state index contributed by atoms with van der Waals surface area (Å²) in [4.78, 5) is 26.1. The molecule has 4 aliphatic rings. The van der Waals surface area contributed by atoms with Crippen molar-refractivity contribution in [2.75, 3.05) is 0 Å². The molecule has 0 amide bonds. The molecular weight excluding hydrogens is 400 g/mol. The predicted octanol–water partition coefficient (Wildman–Crippen LogP) is 6.11. The van der Waals surface area contributed by atoms with Gasteiger partial charge in [-0.3, -0.25) is 9.59 Å². The van der Waals surface area contributed by atoms with Gasteiger partial charge >= 0.3 is 11.9 Å². The minimum absolute atomic E-state index is 0.0172. The lowest BCUT2D eigenvalue weighted by molar-refractivity contribution is -0.198. The van der Waals surface area contributed by atoms with E-state index in [0.717, 1.165) is 37.7 Å². The van der Waals surface area contributed by atoms with E-state index in [1.54, 1.807) is 0 Å². The van der Waals surface area contributed by atoms with E-state index in [9.17, 15) is 9.59 Å². The van der Waals surface area contributed by atoms with Crippen molar-refractivity contribution in [3.8, 4) is 0 Å². The van der Waals surface area contributed by atoms with Crippen molar-refractivity contribution in [2.45, 2.75) is 92.3 Å². The Kier molecular flexibility index (Phi) is 5.96. The first-order chi connectivity index (χ1) is 14.9. The Morgan fingerprint density at radius 1 is 0.875 bits per heavy atom. The van der Waals surface area contributed by atoms with Gasteiger partial charge in [0, 0.05) is 0 Å². The van der Waals surface area contributed by atoms with E-state index < -0.39 is 11.0 Å². The zero-order valence-corrected chi connectivity index (χ0v) is 20.9. The molecule has 4 fully saturated rings. The largest absolute Gasteiger partial charge is 0.461 e. The molecule has 4 aliphatic carbocycles. The third-order valence-corrected chi connectivity index (χ3v) is 8.59. The normalized spacial score (nSPS) is 31.5. The third-order valence-electron chi connectivity index (χ3n) is 8.59. The molecule has 0 N–H and O–H groups in total. The Morgan fingerprint density at radius 2 is 1.38 bits per heavy atom. The molecule has 5 rings (SSSR count). The zero-order chi connectivity index (χ0) is 23.4. The van der Waals surface area contributed by atoms with Crippen molar-refractivity contribution < 1.29 is 19.1 Å². The maximum Gasteiger partial charge on any atom is 0.311 e. The number of hydrogen-bond acceptors (Lipinski definition) is 4. The summed E-state index contributed by atoms with van der Waals surface area (Å²) < 4.78 is 12.3. The van der Waals surface area contributed by atoms with Crippen molar-refractivity contribution in [1.82, 2.24) is 0 Å². The van der Waals surface area contributed by atoms with E-state index in [2.05, 4.69) is 32.0 Å². The van der Waals surface area contributed by atoms with Gasteiger partial charge in [0.25, 0.3) is 0 Å². The van der Waals surface area contributed by atoms with E-state index in [-0.39, 0.29) is 24.0 Å². The van der Waals surface area contributed by atoms with Gasteiger partial charge < -0.3 is 9.47 Å². The first-order valence-electron chi connectivity index (χ1n) is 12.4. The van der Waals surface area contributed by atoms with Crippen molar-refractivity contribution in [3.05, 3.63) is 34.9 Å². The molecule has 0 atom stereocenters. The highest BCUT2D eigenvalue weighted by atomic mass is 16.6. The van der Waals surface area contributed by atoms with E-state index in [1.807, 2.05) is 34.6 Å². The fourth-order valence-corrected chi connectivity index (χ4v) is 6.54. The summed E-state index contributed by atoms with van der Waals surface area (Å²) in [5.74, 6) is 1.38. The van der Waals surface area contributed by atoms with Gasteiger partial charge in [-0.15, -0.1) is 0 Å². The van der Waals surface area contributed by atoms with Crippen LogP contribution in [0.15, 0.2) is 18.2 Å². The molecule has 4 bridgehead atoms. The summed E-state index contributed by atoms with van der Waals surface area (Å²) in [6.45, 7) is 14.1. The van der Waals surface area contributed by atoms with Crippen molar-refractivity contribution >= 4 is 11.9 Å². The Morgan fingerprint density at radius 3 is 1.84 bits per heavy atom. The van der Waals surface area contributed by atoms with Gasteiger partial charge in [0.15, 0.2) is 0 Å². The highest BCUT2D eigenvalue weighted by Gasteiger charge is 2.57. The molecule has 0 heterocycles. The van der Waals surface area contributed by atoms with Gasteiger partial charge in [0.2, 0.25) is 0 Å². The number of benzene rings is 1. The molecule has 32 heavy (non-hydrogen) atoms. The van der Waals surface area contributed by atoms with Crippen LogP contribution in [0.5, 0.6) is 0 Å². The van der Waals surface area contributed by atoms with Crippen LogP contribution in [0.2, 0.25) is 0 Å². The van der Waals surface area contributed by atoms with E-state index in [4.69, 9.17) is 9.47 Å². The molecule has 0 saturated heterocycles. The molecule has 0 spiro atoms. The SMILES string of the molecule is CCC(C)(C)C(=O)OC1C2CC3CC1CC(C2)C3C(=O)OC(C)(C)c1cc(C)cc(C)c1. The molecular formula is C28H40O4. The molecule has 0 unspecified atom stereocenters. The maximum absolute atomic E-state index is 13.4. The highest BCUT2D eigenvalue weighted by molar-refractivity contribution is 5.76. The molecule has 176 valence electrons. The first kappa shape index (κ1) is 23.3. The number of rotatable bonds is 6. The first-order valence-corrected chi connectivity index (χ1v) is 12.4. The van der Waals surface area contributed by atoms with Crippen LogP contribution in [0, 0.1) is 48.9 Å². The Hall–Kier alpha value is -1.84. The number of carbonyl (C=O) groups is 2. The number of carbonyl (C=O) groups excluding carboxylic acids is 2. The number of esters is 2. The number of ether oxygens (including phenoxy) is 2. The quantitative estimate of drug-likeness (QED) is 0.501. The van der Waals surface area contributed by atoms with Crippen LogP contribution in [0.4, 0.5) is 0 Å². The van der Waals surface area contributed by atoms with Crippen LogP contribution < -0.4 is 0 Å². The molecule has 4 saturated carbocycles. The highest BCUT2D eigenvalue weighted by Crippen LogP contribution is 2.58. The smallest absolute Gasteiger partial charge is 0.311 e. The minimum atomic E-state index is -0.646. The Bertz CT molecular complexity index is 846. The maximum atomic E-state index is 13.4. The lowest BCUT2D eigenvalue weighted by Crippen LogP contribution is -2.56. The van der Waals surface area contributed by atoms with Crippen LogP contribution in [0.3, 0.4) is 0 Å². The van der Waals surface area contributed by atoms with Gasteiger partial charge in [-0.05, 0) is 103 Å². The van der Waals surface area contributed by atoms with Gasteiger partial charge in [-0.25, -0.2) is 0 Å². The van der Waals surface area contributed by atoms with Crippen LogP contribution in [0.25, 0.3) is 0 Å². The van der Waals surface area contributed by atoms with Gasteiger partial charge in [0.05, 0.1) is 11.3 Å². The molecule has 1 aromatic rings. The monoisotopic (exact) mass is 440 g/mol. The van der Waals surface area contributed by atoms with Crippen LogP contribution in [0.1, 0.15) is 83.4 Å². The van der Waals surface area contributed by atoms with Crippen molar-refractivity contribution in [1.29, 1.82) is 0 Å². The summed E-state index contributed by atoms with van der Waals surface area (Å²) >= 11 is 0. The minimum Gasteiger partial charge on any atom is -0.461 e. The van der Waals surface area contributed by atoms with Gasteiger partial charge in [-0.1, -0.05) is 36.2 Å². The number of hydrogen-bond donors (Lipinski definition) is 0. The molecule has 0 aromatic heterocycles. The van der Waals surface area contributed by atoms with Crippen LogP contribution >= 0.6 is 0 Å². The van der Waals surface area contributed by atoms with Crippen molar-refractivity contribution in [2.24, 2.45) is 35.0 Å². The fraction of sp³-hybridized carbons (Fsp3) is 0.714. The van der Waals surface area contributed by atoms with E-state index in [0.29, 0.717) is 23.7 Å². The zero-order valence-electron chi connectivity index (χ0n) is 20.9. The summed E-state index contributed by atoms with van der Waals surface area (Å²) in [6.07, 6.45) is 4.71. The lowest BCUT2D eigenvalue weighted by atomic mass is 9.50. The molecule has 0 radical (unpaired) electrons. The average molecular weight is 441 g/mol. The third kappa shape index (κ3) is 4.22. The summed E-state index contributed by atoms with van der Waals surface area (Å²) in [7, 11) is 0. The topological polar surface area (TPSA) is 52.6 Å². The molecule has 1 aromatic carbocycles. The second-order valence-corrected chi connectivity index (χ2v) is 11.9. The molecule has 0 aliphatic heterocycles. The second-order valence-electron chi connectivity index (χ2n) is 11.9. The Labute approximate surface area is 193 Å². The molecule has 4 heteroatoms. The standard InChI is InChI=1S/C28H40O4/c1-8-27(4,5)26(30)31-24-20-12-18-13-21(24)15-19(14-20)23(18)25(29)32-28(6,7)22-10-16(2)9-17(3)11-22/h9-11,18-21,23-24H,8,12-15H2,1-7H3. The Balaban J connectivity index is 1.44. The van der Waals surface area contributed by atoms with Gasteiger partial charge in [-0.2, -0.15) is 0 Å². The van der Waals surface area contributed by atoms with E-state index >= 15 is 0 Å². The van der Waals surface area contributed by atoms with Crippen molar-refractivity contribution in [3.63, 3.8) is 0 Å². The predicted molar refractivity (Wildman–Crippen MR) is 125 cm³/mol. The average Bonchev–Trinajstić information content (AvgIpc) is 2.68.